The molecule has 0 atom stereocenters. The summed E-state index contributed by atoms with van der Waals surface area (Å²) in [4.78, 5) is 49.4. The number of carbonyl (C=O) groups is 4. The van der Waals surface area contributed by atoms with Crippen molar-refractivity contribution in [3.8, 4) is 0 Å². The van der Waals surface area contributed by atoms with E-state index in [4.69, 9.17) is 0 Å². The SMILES string of the molecule is CC(=O)Nc1cc(NC(C)=O)cc(C(=O)N(C)CC(=O)Nc2c(C)cccc2C)c1. The summed E-state index contributed by atoms with van der Waals surface area (Å²) in [5.74, 6) is -1.38. The predicted octanol–water partition coefficient (Wildman–Crippen LogP) is 2.93. The summed E-state index contributed by atoms with van der Waals surface area (Å²) in [7, 11) is 1.51. The van der Waals surface area contributed by atoms with E-state index < -0.39 is 5.91 Å². The Morgan fingerprint density at radius 2 is 1.33 bits per heavy atom. The molecule has 0 bridgehead atoms. The molecular weight excluding hydrogens is 384 g/mol. The highest BCUT2D eigenvalue weighted by Crippen LogP contribution is 2.21. The van der Waals surface area contributed by atoms with Gasteiger partial charge in [0.2, 0.25) is 17.7 Å². The van der Waals surface area contributed by atoms with Crippen LogP contribution in [0.15, 0.2) is 36.4 Å². The normalized spacial score (nSPS) is 10.2. The number of amides is 4. The Hall–Kier alpha value is -3.68. The lowest BCUT2D eigenvalue weighted by molar-refractivity contribution is -0.117. The van der Waals surface area contributed by atoms with Crippen molar-refractivity contribution in [2.24, 2.45) is 0 Å². The highest BCUT2D eigenvalue weighted by atomic mass is 16.2. The van der Waals surface area contributed by atoms with Crippen LogP contribution in [0.5, 0.6) is 0 Å². The lowest BCUT2D eigenvalue weighted by Gasteiger charge is -2.19. The maximum atomic E-state index is 12.9. The van der Waals surface area contributed by atoms with Crippen LogP contribution in [0.25, 0.3) is 0 Å². The van der Waals surface area contributed by atoms with Crippen molar-refractivity contribution in [1.29, 1.82) is 0 Å². The quantitative estimate of drug-likeness (QED) is 0.680. The number of likely N-dealkylation sites (N-methyl/N-ethyl adjacent to an activating group) is 1. The third-order valence-corrected chi connectivity index (χ3v) is 4.29. The Kier molecular flexibility index (Phi) is 7.30. The molecule has 0 fully saturated rings. The Morgan fingerprint density at radius 1 is 0.833 bits per heavy atom. The fourth-order valence-corrected chi connectivity index (χ4v) is 3.00. The van der Waals surface area contributed by atoms with Crippen LogP contribution < -0.4 is 16.0 Å². The number of nitrogens with one attached hydrogen (secondary N) is 3. The first-order valence-corrected chi connectivity index (χ1v) is 9.38. The molecule has 0 aliphatic rings. The van der Waals surface area contributed by atoms with Crippen LogP contribution in [0.4, 0.5) is 17.1 Å². The second-order valence-corrected chi connectivity index (χ2v) is 7.14. The monoisotopic (exact) mass is 410 g/mol. The fraction of sp³-hybridized carbons (Fsp3) is 0.273. The maximum absolute atomic E-state index is 12.9. The number of rotatable bonds is 6. The zero-order valence-corrected chi connectivity index (χ0v) is 17.8. The number of aryl methyl sites for hydroxylation is 2. The largest absolute Gasteiger partial charge is 0.332 e. The van der Waals surface area contributed by atoms with Crippen molar-refractivity contribution < 1.29 is 19.2 Å². The average Bonchev–Trinajstić information content (AvgIpc) is 2.62. The van der Waals surface area contributed by atoms with Gasteiger partial charge in [-0.05, 0) is 43.2 Å². The Morgan fingerprint density at radius 3 is 1.80 bits per heavy atom. The van der Waals surface area contributed by atoms with E-state index in [-0.39, 0.29) is 29.8 Å². The van der Waals surface area contributed by atoms with Crippen molar-refractivity contribution in [2.75, 3.05) is 29.5 Å². The van der Waals surface area contributed by atoms with Crippen LogP contribution in [-0.2, 0) is 14.4 Å². The summed E-state index contributed by atoms with van der Waals surface area (Å²) in [6, 6.07) is 10.2. The minimum atomic E-state index is -0.426. The van der Waals surface area contributed by atoms with Gasteiger partial charge in [-0.3, -0.25) is 19.2 Å². The van der Waals surface area contributed by atoms with E-state index in [2.05, 4.69) is 16.0 Å². The van der Waals surface area contributed by atoms with Crippen LogP contribution >= 0.6 is 0 Å². The molecule has 4 amide bonds. The minimum Gasteiger partial charge on any atom is -0.332 e. The van der Waals surface area contributed by atoms with Crippen molar-refractivity contribution in [2.45, 2.75) is 27.7 Å². The summed E-state index contributed by atoms with van der Waals surface area (Å²) in [5.41, 5.74) is 3.55. The first-order chi connectivity index (χ1) is 14.1. The molecule has 3 N–H and O–H groups in total. The molecule has 2 aromatic carbocycles. The second kappa shape index (κ2) is 9.69. The third kappa shape index (κ3) is 6.16. The highest BCUT2D eigenvalue weighted by molar-refractivity contribution is 6.02. The van der Waals surface area contributed by atoms with Crippen molar-refractivity contribution >= 4 is 40.7 Å². The molecule has 0 spiro atoms. The van der Waals surface area contributed by atoms with Gasteiger partial charge in [-0.1, -0.05) is 18.2 Å². The van der Waals surface area contributed by atoms with E-state index in [1.165, 1.54) is 37.9 Å². The maximum Gasteiger partial charge on any atom is 0.254 e. The zero-order valence-electron chi connectivity index (χ0n) is 17.8. The van der Waals surface area contributed by atoms with Gasteiger partial charge >= 0.3 is 0 Å². The molecule has 0 saturated heterocycles. The Labute approximate surface area is 175 Å². The van der Waals surface area contributed by atoms with Crippen LogP contribution in [-0.4, -0.2) is 42.1 Å². The molecule has 0 radical (unpaired) electrons. The van der Waals surface area contributed by atoms with Crippen molar-refractivity contribution in [3.05, 3.63) is 53.1 Å². The average molecular weight is 410 g/mol. The Balaban J connectivity index is 2.18. The third-order valence-electron chi connectivity index (χ3n) is 4.29. The van der Waals surface area contributed by atoms with Gasteiger partial charge in [0, 0.05) is 43.5 Å². The number of anilines is 3. The van der Waals surface area contributed by atoms with E-state index in [1.54, 1.807) is 6.07 Å². The van der Waals surface area contributed by atoms with Gasteiger partial charge in [0.15, 0.2) is 0 Å². The first-order valence-electron chi connectivity index (χ1n) is 9.38. The topological polar surface area (TPSA) is 108 Å². The molecule has 0 saturated carbocycles. The lowest BCUT2D eigenvalue weighted by atomic mass is 10.1. The summed E-state index contributed by atoms with van der Waals surface area (Å²) in [6.07, 6.45) is 0. The summed E-state index contributed by atoms with van der Waals surface area (Å²) >= 11 is 0. The lowest BCUT2D eigenvalue weighted by Crippen LogP contribution is -2.35. The molecule has 0 aliphatic heterocycles. The van der Waals surface area contributed by atoms with Crippen LogP contribution in [0.3, 0.4) is 0 Å². The number of hydrogen-bond donors (Lipinski definition) is 3. The molecule has 0 heterocycles. The molecule has 0 unspecified atom stereocenters. The van der Waals surface area contributed by atoms with Crippen molar-refractivity contribution in [3.63, 3.8) is 0 Å². The van der Waals surface area contributed by atoms with Gasteiger partial charge in [-0.25, -0.2) is 0 Å². The molecule has 0 aliphatic carbocycles. The fourth-order valence-electron chi connectivity index (χ4n) is 3.00. The van der Waals surface area contributed by atoms with Gasteiger partial charge < -0.3 is 20.9 Å². The van der Waals surface area contributed by atoms with Crippen LogP contribution in [0.2, 0.25) is 0 Å². The first kappa shape index (κ1) is 22.6. The summed E-state index contributed by atoms with van der Waals surface area (Å²) < 4.78 is 0. The Bertz CT molecular complexity index is 946. The van der Waals surface area contributed by atoms with Gasteiger partial charge in [0.25, 0.3) is 5.91 Å². The van der Waals surface area contributed by atoms with Crippen molar-refractivity contribution in [1.82, 2.24) is 4.90 Å². The van der Waals surface area contributed by atoms with Crippen LogP contribution in [0, 0.1) is 13.8 Å². The van der Waals surface area contributed by atoms with Gasteiger partial charge in [0.1, 0.15) is 0 Å². The van der Waals surface area contributed by atoms with E-state index in [0.29, 0.717) is 11.4 Å². The molecule has 158 valence electrons. The molecule has 2 aromatic rings. The standard InChI is InChI=1S/C22H26N4O4/c1-13-7-6-8-14(2)21(13)25-20(29)12-26(5)22(30)17-9-18(23-15(3)27)11-19(10-17)24-16(4)28/h6-11H,12H2,1-5H3,(H,23,27)(H,24,28)(H,25,29). The van der Waals surface area contributed by atoms with Gasteiger partial charge in [-0.2, -0.15) is 0 Å². The van der Waals surface area contributed by atoms with E-state index in [0.717, 1.165) is 16.8 Å². The highest BCUT2D eigenvalue weighted by Gasteiger charge is 2.18. The van der Waals surface area contributed by atoms with E-state index in [9.17, 15) is 19.2 Å². The van der Waals surface area contributed by atoms with Gasteiger partial charge in [-0.15, -0.1) is 0 Å². The van der Waals surface area contributed by atoms with E-state index in [1.807, 2.05) is 32.0 Å². The zero-order chi connectivity index (χ0) is 22.4. The number of hydrogen-bond acceptors (Lipinski definition) is 4. The van der Waals surface area contributed by atoms with Crippen LogP contribution in [0.1, 0.15) is 35.3 Å². The minimum absolute atomic E-state index is 0.160. The van der Waals surface area contributed by atoms with Gasteiger partial charge in [0.05, 0.1) is 6.54 Å². The number of nitrogens with zero attached hydrogens (tertiary/aromatic N) is 1. The second-order valence-electron chi connectivity index (χ2n) is 7.14. The molecule has 2 rings (SSSR count). The molecule has 8 heteroatoms. The number of carbonyl (C=O) groups excluding carboxylic acids is 4. The number of para-hydroxylation sites is 1. The number of benzene rings is 2. The summed E-state index contributed by atoms with van der Waals surface area (Å²) in [5, 5.41) is 8.04. The van der Waals surface area contributed by atoms with E-state index >= 15 is 0 Å². The molecule has 30 heavy (non-hydrogen) atoms. The molecule has 8 nitrogen and oxygen atoms in total. The molecular formula is C22H26N4O4. The predicted molar refractivity (Wildman–Crippen MR) is 117 cm³/mol. The smallest absolute Gasteiger partial charge is 0.254 e. The summed E-state index contributed by atoms with van der Waals surface area (Å²) in [6.45, 7) is 6.32. The molecule has 0 aromatic heterocycles.